The summed E-state index contributed by atoms with van der Waals surface area (Å²) in [7, 11) is -3.41. The minimum absolute atomic E-state index is 0.00669. The molecule has 176 valence electrons. The van der Waals surface area contributed by atoms with Crippen LogP contribution in [0.25, 0.3) is 11.0 Å². The summed E-state index contributed by atoms with van der Waals surface area (Å²) in [5, 5.41) is 2.99. The molecule has 1 aromatic heterocycles. The van der Waals surface area contributed by atoms with E-state index in [0.717, 1.165) is 54.6 Å². The van der Waals surface area contributed by atoms with Crippen LogP contribution in [0.15, 0.2) is 53.4 Å². The van der Waals surface area contributed by atoms with E-state index in [4.69, 9.17) is 0 Å². The van der Waals surface area contributed by atoms with Gasteiger partial charge in [0.05, 0.1) is 15.9 Å². The van der Waals surface area contributed by atoms with Gasteiger partial charge in [-0.3, -0.25) is 4.79 Å². The van der Waals surface area contributed by atoms with Crippen LogP contribution in [-0.4, -0.2) is 47.8 Å². The van der Waals surface area contributed by atoms with Crippen molar-refractivity contribution in [3.8, 4) is 0 Å². The number of aryl methyl sites for hydroxylation is 3. The smallest absolute Gasteiger partial charge is 0.243 e. The first-order valence-corrected chi connectivity index (χ1v) is 13.2. The Kier molecular flexibility index (Phi) is 7.45. The van der Waals surface area contributed by atoms with Crippen LogP contribution in [0.1, 0.15) is 43.5 Å². The van der Waals surface area contributed by atoms with Gasteiger partial charge in [0, 0.05) is 32.6 Å². The number of hydrogen-bond acceptors (Lipinski definition) is 4. The summed E-state index contributed by atoms with van der Waals surface area (Å²) in [5.41, 5.74) is 3.07. The highest BCUT2D eigenvalue weighted by Gasteiger charge is 2.25. The molecule has 0 saturated carbocycles. The van der Waals surface area contributed by atoms with Crippen molar-refractivity contribution < 1.29 is 13.2 Å². The molecule has 4 rings (SSSR count). The molecular formula is C25H32N4O3S. The highest BCUT2D eigenvalue weighted by atomic mass is 32.2. The number of imidazole rings is 1. The van der Waals surface area contributed by atoms with E-state index in [9.17, 15) is 13.2 Å². The number of sulfonamides is 1. The van der Waals surface area contributed by atoms with Crippen molar-refractivity contribution in [3.63, 3.8) is 0 Å². The van der Waals surface area contributed by atoms with Crippen molar-refractivity contribution in [2.75, 3.05) is 19.6 Å². The minimum Gasteiger partial charge on any atom is -0.356 e. The van der Waals surface area contributed by atoms with Gasteiger partial charge in [0.2, 0.25) is 15.9 Å². The quantitative estimate of drug-likeness (QED) is 0.486. The molecule has 1 amide bonds. The van der Waals surface area contributed by atoms with Crippen LogP contribution in [0.2, 0.25) is 0 Å². The van der Waals surface area contributed by atoms with Crippen LogP contribution >= 0.6 is 0 Å². The molecule has 33 heavy (non-hydrogen) atoms. The van der Waals surface area contributed by atoms with Gasteiger partial charge in [-0.05, 0) is 62.4 Å². The van der Waals surface area contributed by atoms with Gasteiger partial charge in [-0.15, -0.1) is 0 Å². The Bertz CT molecular complexity index is 1200. The number of piperidine rings is 1. The first-order chi connectivity index (χ1) is 15.9. The maximum Gasteiger partial charge on any atom is 0.243 e. The SMILES string of the molecule is Cc1nc2ccccc2n1CCCNC(=O)CCc1ccc(S(=O)(=O)N2CCCCC2)cc1. The molecule has 2 aromatic carbocycles. The number of fused-ring (bicyclic) bond motifs is 1. The maximum atomic E-state index is 12.7. The van der Waals surface area contributed by atoms with E-state index in [1.54, 1.807) is 16.4 Å². The van der Waals surface area contributed by atoms with E-state index in [0.29, 0.717) is 37.4 Å². The molecule has 8 heteroatoms. The van der Waals surface area contributed by atoms with Crippen molar-refractivity contribution in [2.45, 2.75) is 56.9 Å². The molecule has 1 N–H and O–H groups in total. The maximum absolute atomic E-state index is 12.7. The molecule has 1 aliphatic rings. The van der Waals surface area contributed by atoms with Gasteiger partial charge in [-0.1, -0.05) is 30.7 Å². The molecule has 0 spiro atoms. The third kappa shape index (κ3) is 5.62. The Morgan fingerprint density at radius 1 is 1.03 bits per heavy atom. The van der Waals surface area contributed by atoms with Gasteiger partial charge in [-0.25, -0.2) is 13.4 Å². The Labute approximate surface area is 195 Å². The number of amides is 1. The summed E-state index contributed by atoms with van der Waals surface area (Å²) >= 11 is 0. The van der Waals surface area contributed by atoms with E-state index in [-0.39, 0.29) is 5.91 Å². The normalized spacial score (nSPS) is 15.1. The standard InChI is InChI=1S/C25H32N4O3S/c1-20-27-23-8-3-4-9-24(23)29(20)19-7-16-26-25(30)15-12-21-10-13-22(14-11-21)33(31,32)28-17-5-2-6-18-28/h3-4,8-11,13-14H,2,5-7,12,15-19H2,1H3,(H,26,30). The number of nitrogens with zero attached hydrogens (tertiary/aromatic N) is 3. The van der Waals surface area contributed by atoms with Crippen LogP contribution < -0.4 is 5.32 Å². The summed E-state index contributed by atoms with van der Waals surface area (Å²) < 4.78 is 29.3. The number of benzene rings is 2. The predicted octanol–water partition coefficient (Wildman–Crippen LogP) is 3.66. The fourth-order valence-corrected chi connectivity index (χ4v) is 5.89. The lowest BCUT2D eigenvalue weighted by Gasteiger charge is -2.25. The van der Waals surface area contributed by atoms with Crippen molar-refractivity contribution in [3.05, 3.63) is 59.9 Å². The molecular weight excluding hydrogens is 436 g/mol. The van der Waals surface area contributed by atoms with Gasteiger partial charge in [-0.2, -0.15) is 4.31 Å². The first kappa shape index (κ1) is 23.4. The van der Waals surface area contributed by atoms with E-state index in [1.807, 2.05) is 37.3 Å². The van der Waals surface area contributed by atoms with E-state index < -0.39 is 10.0 Å². The van der Waals surface area contributed by atoms with Crippen LogP contribution in [0, 0.1) is 6.92 Å². The van der Waals surface area contributed by atoms with Gasteiger partial charge >= 0.3 is 0 Å². The highest BCUT2D eigenvalue weighted by Crippen LogP contribution is 2.21. The number of aromatic nitrogens is 2. The average molecular weight is 469 g/mol. The fraction of sp³-hybridized carbons (Fsp3) is 0.440. The third-order valence-corrected chi connectivity index (χ3v) is 8.16. The molecule has 0 bridgehead atoms. The topological polar surface area (TPSA) is 84.3 Å². The van der Waals surface area contributed by atoms with Crippen LogP contribution in [0.4, 0.5) is 0 Å². The molecule has 1 saturated heterocycles. The second-order valence-corrected chi connectivity index (χ2v) is 10.5. The zero-order valence-corrected chi connectivity index (χ0v) is 20.0. The number of carbonyl (C=O) groups excluding carboxylic acids is 1. The summed E-state index contributed by atoms with van der Waals surface area (Å²) in [6.45, 7) is 4.61. The number of hydrogen-bond donors (Lipinski definition) is 1. The van der Waals surface area contributed by atoms with Crippen LogP contribution in [0.3, 0.4) is 0 Å². The van der Waals surface area contributed by atoms with Crippen molar-refractivity contribution in [2.24, 2.45) is 0 Å². The van der Waals surface area contributed by atoms with Gasteiger partial charge in [0.25, 0.3) is 0 Å². The second kappa shape index (κ2) is 10.5. The van der Waals surface area contributed by atoms with E-state index in [2.05, 4.69) is 20.9 Å². The zero-order valence-electron chi connectivity index (χ0n) is 19.2. The lowest BCUT2D eigenvalue weighted by Crippen LogP contribution is -2.35. The van der Waals surface area contributed by atoms with Crippen LogP contribution in [-0.2, 0) is 27.8 Å². The molecule has 2 heterocycles. The minimum atomic E-state index is -3.41. The fourth-order valence-electron chi connectivity index (χ4n) is 4.37. The second-order valence-electron chi connectivity index (χ2n) is 8.61. The van der Waals surface area contributed by atoms with Gasteiger partial charge in [0.1, 0.15) is 5.82 Å². The zero-order chi connectivity index (χ0) is 23.3. The third-order valence-electron chi connectivity index (χ3n) is 6.24. The average Bonchev–Trinajstić information content (AvgIpc) is 3.16. The molecule has 7 nitrogen and oxygen atoms in total. The predicted molar refractivity (Wildman–Crippen MR) is 129 cm³/mol. The monoisotopic (exact) mass is 468 g/mol. The van der Waals surface area contributed by atoms with Crippen molar-refractivity contribution in [1.29, 1.82) is 0 Å². The summed E-state index contributed by atoms with van der Waals surface area (Å²) in [4.78, 5) is 17.2. The lowest BCUT2D eigenvalue weighted by atomic mass is 10.1. The number of nitrogens with one attached hydrogen (secondary N) is 1. The summed E-state index contributed by atoms with van der Waals surface area (Å²) in [6.07, 6.45) is 4.73. The number of para-hydroxylation sites is 2. The molecule has 0 aliphatic carbocycles. The molecule has 0 unspecified atom stereocenters. The number of carbonyl (C=O) groups is 1. The largest absolute Gasteiger partial charge is 0.356 e. The number of rotatable bonds is 9. The van der Waals surface area contributed by atoms with E-state index >= 15 is 0 Å². The summed E-state index contributed by atoms with van der Waals surface area (Å²) in [5.74, 6) is 0.987. The van der Waals surface area contributed by atoms with Crippen molar-refractivity contribution in [1.82, 2.24) is 19.2 Å². The molecule has 3 aromatic rings. The Balaban J connectivity index is 1.21. The van der Waals surface area contributed by atoms with Crippen LogP contribution in [0.5, 0.6) is 0 Å². The Morgan fingerprint density at radius 3 is 2.52 bits per heavy atom. The Morgan fingerprint density at radius 2 is 1.76 bits per heavy atom. The molecule has 0 atom stereocenters. The van der Waals surface area contributed by atoms with Gasteiger partial charge < -0.3 is 9.88 Å². The Hall–Kier alpha value is -2.71. The molecule has 0 radical (unpaired) electrons. The lowest BCUT2D eigenvalue weighted by molar-refractivity contribution is -0.121. The van der Waals surface area contributed by atoms with Gasteiger partial charge in [0.15, 0.2) is 0 Å². The molecule has 1 fully saturated rings. The highest BCUT2D eigenvalue weighted by molar-refractivity contribution is 7.89. The van der Waals surface area contributed by atoms with E-state index in [1.165, 1.54) is 0 Å². The summed E-state index contributed by atoms with van der Waals surface area (Å²) in [6, 6.07) is 15.0. The first-order valence-electron chi connectivity index (χ1n) is 11.7. The van der Waals surface area contributed by atoms with Crippen molar-refractivity contribution >= 4 is 27.0 Å². The molecule has 1 aliphatic heterocycles.